The molecule has 6 nitrogen and oxygen atoms in total. The molecule has 26 heavy (non-hydrogen) atoms. The zero-order valence-corrected chi connectivity index (χ0v) is 16.9. The van der Waals surface area contributed by atoms with E-state index < -0.39 is 0 Å². The molecule has 1 amide bonds. The molecule has 2 heterocycles. The highest BCUT2D eigenvalue weighted by Crippen LogP contribution is 2.12. The van der Waals surface area contributed by atoms with Gasteiger partial charge in [-0.05, 0) is 31.2 Å². The SMILES string of the molecule is C=C(C)CN1CCC(NC(=NCC(=O)N(C)C)NCc2cccs2)CC1. The molecule has 0 bridgehead atoms. The third-order valence-corrected chi connectivity index (χ3v) is 5.18. The van der Waals surface area contributed by atoms with E-state index in [-0.39, 0.29) is 12.5 Å². The van der Waals surface area contributed by atoms with E-state index in [0.717, 1.165) is 32.5 Å². The molecule has 1 aliphatic heterocycles. The number of carbonyl (C=O) groups excluding carboxylic acids is 1. The lowest BCUT2D eigenvalue weighted by molar-refractivity contribution is -0.127. The molecular weight excluding hydrogens is 346 g/mol. The Labute approximate surface area is 161 Å². The fraction of sp³-hybridized carbons (Fsp3) is 0.579. The van der Waals surface area contributed by atoms with Crippen LogP contribution in [-0.4, -0.2) is 68.0 Å². The van der Waals surface area contributed by atoms with Crippen LogP contribution in [-0.2, 0) is 11.3 Å². The van der Waals surface area contributed by atoms with E-state index in [0.29, 0.717) is 18.5 Å². The van der Waals surface area contributed by atoms with Crippen molar-refractivity contribution in [1.29, 1.82) is 0 Å². The minimum Gasteiger partial charge on any atom is -0.354 e. The van der Waals surface area contributed by atoms with Gasteiger partial charge in [0.1, 0.15) is 6.54 Å². The molecule has 2 N–H and O–H groups in total. The molecule has 0 unspecified atom stereocenters. The first-order valence-electron chi connectivity index (χ1n) is 9.08. The van der Waals surface area contributed by atoms with E-state index in [1.54, 1.807) is 30.3 Å². The number of guanidine groups is 1. The van der Waals surface area contributed by atoms with Gasteiger partial charge in [0.25, 0.3) is 0 Å². The van der Waals surface area contributed by atoms with Gasteiger partial charge in [-0.2, -0.15) is 0 Å². The summed E-state index contributed by atoms with van der Waals surface area (Å²) >= 11 is 1.71. The number of amides is 1. The van der Waals surface area contributed by atoms with Crippen molar-refractivity contribution < 1.29 is 4.79 Å². The Kier molecular flexibility index (Phi) is 8.12. The number of carbonyl (C=O) groups is 1. The summed E-state index contributed by atoms with van der Waals surface area (Å²) in [5.41, 5.74) is 1.21. The fourth-order valence-corrected chi connectivity index (χ4v) is 3.48. The van der Waals surface area contributed by atoms with Gasteiger partial charge in [0, 0.05) is 44.6 Å². The lowest BCUT2D eigenvalue weighted by atomic mass is 10.0. The number of piperidine rings is 1. The molecule has 1 aromatic rings. The Morgan fingerprint density at radius 2 is 2.15 bits per heavy atom. The smallest absolute Gasteiger partial charge is 0.243 e. The van der Waals surface area contributed by atoms with Crippen molar-refractivity contribution in [1.82, 2.24) is 20.4 Å². The summed E-state index contributed by atoms with van der Waals surface area (Å²) in [5, 5.41) is 8.93. The summed E-state index contributed by atoms with van der Waals surface area (Å²) < 4.78 is 0. The van der Waals surface area contributed by atoms with E-state index in [4.69, 9.17) is 0 Å². The van der Waals surface area contributed by atoms with Crippen molar-refractivity contribution >= 4 is 23.2 Å². The van der Waals surface area contributed by atoms with Gasteiger partial charge in [-0.25, -0.2) is 4.99 Å². The Bertz CT molecular complexity index is 603. The molecule has 1 aliphatic rings. The number of likely N-dealkylation sites (N-methyl/N-ethyl adjacent to an activating group) is 1. The molecule has 0 spiro atoms. The van der Waals surface area contributed by atoms with Crippen molar-refractivity contribution in [2.24, 2.45) is 4.99 Å². The second kappa shape index (κ2) is 10.3. The normalized spacial score (nSPS) is 16.3. The first-order chi connectivity index (χ1) is 12.4. The highest BCUT2D eigenvalue weighted by atomic mass is 32.1. The molecule has 7 heteroatoms. The molecule has 1 aromatic heterocycles. The van der Waals surface area contributed by atoms with Crippen LogP contribution in [0.25, 0.3) is 0 Å². The Hall–Kier alpha value is -1.86. The zero-order valence-electron chi connectivity index (χ0n) is 16.1. The zero-order chi connectivity index (χ0) is 18.9. The van der Waals surface area contributed by atoms with E-state index >= 15 is 0 Å². The largest absolute Gasteiger partial charge is 0.354 e. The molecule has 0 aromatic carbocycles. The second-order valence-corrected chi connectivity index (χ2v) is 8.07. The summed E-state index contributed by atoms with van der Waals surface area (Å²) in [6.45, 7) is 10.0. The van der Waals surface area contributed by atoms with Gasteiger partial charge in [-0.3, -0.25) is 9.69 Å². The minimum absolute atomic E-state index is 0.00139. The molecule has 144 valence electrons. The van der Waals surface area contributed by atoms with Gasteiger partial charge in [-0.15, -0.1) is 11.3 Å². The first-order valence-corrected chi connectivity index (χ1v) is 9.96. The lowest BCUT2D eigenvalue weighted by Gasteiger charge is -2.33. The quantitative estimate of drug-likeness (QED) is 0.433. The second-order valence-electron chi connectivity index (χ2n) is 7.04. The van der Waals surface area contributed by atoms with E-state index in [1.807, 2.05) is 6.07 Å². The maximum Gasteiger partial charge on any atom is 0.243 e. The molecular formula is C19H31N5OS. The Morgan fingerprint density at radius 3 is 2.73 bits per heavy atom. The van der Waals surface area contributed by atoms with Crippen LogP contribution in [0, 0.1) is 0 Å². The van der Waals surface area contributed by atoms with Crippen molar-refractivity contribution in [3.05, 3.63) is 34.5 Å². The van der Waals surface area contributed by atoms with Crippen LogP contribution in [0.4, 0.5) is 0 Å². The summed E-state index contributed by atoms with van der Waals surface area (Å²) in [5.74, 6) is 0.713. The number of likely N-dealkylation sites (tertiary alicyclic amines) is 1. The van der Waals surface area contributed by atoms with Crippen molar-refractivity contribution in [3.63, 3.8) is 0 Å². The highest BCUT2D eigenvalue weighted by Gasteiger charge is 2.20. The molecule has 0 saturated carbocycles. The monoisotopic (exact) mass is 377 g/mol. The minimum atomic E-state index is -0.00139. The molecule has 0 radical (unpaired) electrons. The number of nitrogens with one attached hydrogen (secondary N) is 2. The van der Waals surface area contributed by atoms with Gasteiger partial charge >= 0.3 is 0 Å². The molecule has 0 aliphatic carbocycles. The Morgan fingerprint density at radius 1 is 1.42 bits per heavy atom. The van der Waals surface area contributed by atoms with Gasteiger partial charge in [0.15, 0.2) is 5.96 Å². The lowest BCUT2D eigenvalue weighted by Crippen LogP contribution is -2.49. The number of rotatable bonds is 7. The van der Waals surface area contributed by atoms with Crippen molar-refractivity contribution in [2.45, 2.75) is 32.4 Å². The predicted molar refractivity (Wildman–Crippen MR) is 110 cm³/mol. The topological polar surface area (TPSA) is 60.0 Å². The van der Waals surface area contributed by atoms with Crippen LogP contribution >= 0.6 is 11.3 Å². The summed E-state index contributed by atoms with van der Waals surface area (Å²) in [4.78, 5) is 21.6. The van der Waals surface area contributed by atoms with Gasteiger partial charge in [-0.1, -0.05) is 18.2 Å². The summed E-state index contributed by atoms with van der Waals surface area (Å²) in [6.07, 6.45) is 2.13. The van der Waals surface area contributed by atoms with E-state index in [9.17, 15) is 4.79 Å². The first kappa shape index (κ1) is 20.5. The van der Waals surface area contributed by atoms with Crippen molar-refractivity contribution in [2.75, 3.05) is 40.3 Å². The molecule has 1 fully saturated rings. The average Bonchev–Trinajstić information content (AvgIpc) is 3.11. The fourth-order valence-electron chi connectivity index (χ4n) is 2.84. The third kappa shape index (κ3) is 7.17. The van der Waals surface area contributed by atoms with Crippen LogP contribution in [0.2, 0.25) is 0 Å². The number of hydrogen-bond acceptors (Lipinski definition) is 4. The third-order valence-electron chi connectivity index (χ3n) is 4.30. The molecule has 2 rings (SSSR count). The standard InChI is InChI=1S/C19H31N5OS/c1-15(2)14-24-9-7-16(8-10-24)22-19(21-13-18(25)23(3)4)20-12-17-6-5-11-26-17/h5-6,11,16H,1,7-10,12-14H2,2-4H3,(H2,20,21,22). The highest BCUT2D eigenvalue weighted by molar-refractivity contribution is 7.09. The number of aliphatic imine (C=N–C) groups is 1. The number of hydrogen-bond donors (Lipinski definition) is 2. The number of nitrogens with zero attached hydrogens (tertiary/aromatic N) is 3. The number of thiophene rings is 1. The van der Waals surface area contributed by atoms with Gasteiger partial charge < -0.3 is 15.5 Å². The van der Waals surface area contributed by atoms with Gasteiger partial charge in [0.05, 0.1) is 6.54 Å². The van der Waals surface area contributed by atoms with Gasteiger partial charge in [0.2, 0.25) is 5.91 Å². The van der Waals surface area contributed by atoms with Crippen LogP contribution in [0.5, 0.6) is 0 Å². The Balaban J connectivity index is 1.89. The molecule has 0 atom stereocenters. The predicted octanol–water partition coefficient (Wildman–Crippen LogP) is 1.91. The van der Waals surface area contributed by atoms with Crippen LogP contribution in [0.1, 0.15) is 24.6 Å². The maximum atomic E-state index is 11.9. The van der Waals surface area contributed by atoms with Crippen molar-refractivity contribution in [3.8, 4) is 0 Å². The summed E-state index contributed by atoms with van der Waals surface area (Å²) in [6, 6.07) is 4.51. The average molecular weight is 378 g/mol. The van der Waals surface area contributed by atoms with Crippen LogP contribution in [0.3, 0.4) is 0 Å². The van der Waals surface area contributed by atoms with E-state index in [2.05, 4.69) is 45.5 Å². The summed E-state index contributed by atoms with van der Waals surface area (Å²) in [7, 11) is 3.50. The van der Waals surface area contributed by atoms with E-state index in [1.165, 1.54) is 10.5 Å². The maximum absolute atomic E-state index is 11.9. The molecule has 1 saturated heterocycles. The van der Waals surface area contributed by atoms with Crippen LogP contribution in [0.15, 0.2) is 34.7 Å². The van der Waals surface area contributed by atoms with Crippen LogP contribution < -0.4 is 10.6 Å².